The third kappa shape index (κ3) is 3.69. The minimum Gasteiger partial charge on any atom is -0.325 e. The predicted molar refractivity (Wildman–Crippen MR) is 74.0 cm³/mol. The van der Waals surface area contributed by atoms with E-state index in [-0.39, 0.29) is 18.4 Å². The minimum absolute atomic E-state index is 0.0436. The summed E-state index contributed by atoms with van der Waals surface area (Å²) in [6.07, 6.45) is 6.85. The van der Waals surface area contributed by atoms with Gasteiger partial charge < -0.3 is 4.90 Å². The van der Waals surface area contributed by atoms with Gasteiger partial charge in [0.05, 0.1) is 6.07 Å². The van der Waals surface area contributed by atoms with E-state index in [1.165, 1.54) is 0 Å². The maximum atomic E-state index is 12.4. The maximum Gasteiger partial charge on any atom is 0.227 e. The van der Waals surface area contributed by atoms with Crippen LogP contribution >= 0.6 is 0 Å². The Kier molecular flexibility index (Phi) is 4.74. The SMILES string of the molecule is N#CCN(Cc1ccccc1)C(=O)C1CC=CCC1. The summed E-state index contributed by atoms with van der Waals surface area (Å²) >= 11 is 0. The molecular weight excluding hydrogens is 236 g/mol. The summed E-state index contributed by atoms with van der Waals surface area (Å²) in [6, 6.07) is 11.9. The van der Waals surface area contributed by atoms with Gasteiger partial charge in [-0.3, -0.25) is 4.79 Å². The third-order valence-corrected chi connectivity index (χ3v) is 3.41. The van der Waals surface area contributed by atoms with Gasteiger partial charge in [-0.15, -0.1) is 0 Å². The molecule has 0 saturated heterocycles. The summed E-state index contributed by atoms with van der Waals surface area (Å²) in [5, 5.41) is 8.90. The number of nitriles is 1. The first kappa shape index (κ1) is 13.4. The van der Waals surface area contributed by atoms with Crippen molar-refractivity contribution in [3.8, 4) is 6.07 Å². The van der Waals surface area contributed by atoms with E-state index < -0.39 is 0 Å². The van der Waals surface area contributed by atoms with Crippen LogP contribution in [0.3, 0.4) is 0 Å². The van der Waals surface area contributed by atoms with Crippen LogP contribution in [0, 0.1) is 17.2 Å². The Bertz CT molecular complexity index is 487. The van der Waals surface area contributed by atoms with Crippen LogP contribution in [-0.4, -0.2) is 17.4 Å². The van der Waals surface area contributed by atoms with E-state index in [2.05, 4.69) is 18.2 Å². The van der Waals surface area contributed by atoms with Crippen LogP contribution in [-0.2, 0) is 11.3 Å². The highest BCUT2D eigenvalue weighted by molar-refractivity contribution is 5.79. The summed E-state index contributed by atoms with van der Waals surface area (Å²) < 4.78 is 0. The van der Waals surface area contributed by atoms with E-state index >= 15 is 0 Å². The lowest BCUT2D eigenvalue weighted by Crippen LogP contribution is -2.36. The topological polar surface area (TPSA) is 44.1 Å². The van der Waals surface area contributed by atoms with Crippen molar-refractivity contribution in [2.75, 3.05) is 6.54 Å². The molecule has 1 unspecified atom stereocenters. The number of carbonyl (C=O) groups excluding carboxylic acids is 1. The molecule has 3 nitrogen and oxygen atoms in total. The van der Waals surface area contributed by atoms with E-state index in [1.54, 1.807) is 4.90 Å². The molecule has 0 radical (unpaired) electrons. The molecule has 3 heteroatoms. The summed E-state index contributed by atoms with van der Waals surface area (Å²) in [6.45, 7) is 0.682. The molecule has 1 amide bonds. The molecule has 0 saturated carbocycles. The van der Waals surface area contributed by atoms with Gasteiger partial charge in [0.25, 0.3) is 0 Å². The molecule has 98 valence electrons. The van der Waals surface area contributed by atoms with Crippen molar-refractivity contribution in [2.45, 2.75) is 25.8 Å². The Balaban J connectivity index is 2.05. The standard InChI is InChI=1S/C16H18N2O/c17-11-12-18(13-14-7-3-1-4-8-14)16(19)15-9-5-2-6-10-15/h1-5,7-8,15H,6,9-10,12-13H2. The third-order valence-electron chi connectivity index (χ3n) is 3.41. The van der Waals surface area contributed by atoms with Gasteiger partial charge in [-0.25, -0.2) is 0 Å². The van der Waals surface area contributed by atoms with Crippen molar-refractivity contribution < 1.29 is 4.79 Å². The molecule has 2 rings (SSSR count). The molecule has 0 N–H and O–H groups in total. The summed E-state index contributed by atoms with van der Waals surface area (Å²) in [5.41, 5.74) is 1.07. The lowest BCUT2D eigenvalue weighted by Gasteiger charge is -2.26. The Labute approximate surface area is 114 Å². The quantitative estimate of drug-likeness (QED) is 0.612. The molecule has 0 bridgehead atoms. The van der Waals surface area contributed by atoms with Crippen LogP contribution in [0.1, 0.15) is 24.8 Å². The molecule has 1 atom stereocenters. The second-order valence-corrected chi connectivity index (χ2v) is 4.82. The maximum absolute atomic E-state index is 12.4. The van der Waals surface area contributed by atoms with Gasteiger partial charge in [-0.2, -0.15) is 5.26 Å². The zero-order chi connectivity index (χ0) is 13.5. The molecule has 1 aliphatic carbocycles. The van der Waals surface area contributed by atoms with Crippen molar-refractivity contribution in [3.63, 3.8) is 0 Å². The molecule has 19 heavy (non-hydrogen) atoms. The van der Waals surface area contributed by atoms with E-state index in [1.807, 2.05) is 30.3 Å². The fourth-order valence-corrected chi connectivity index (χ4v) is 2.38. The highest BCUT2D eigenvalue weighted by Crippen LogP contribution is 2.21. The first-order chi connectivity index (χ1) is 9.31. The molecule has 0 heterocycles. The zero-order valence-corrected chi connectivity index (χ0v) is 11.0. The van der Waals surface area contributed by atoms with Crippen LogP contribution < -0.4 is 0 Å². The first-order valence-corrected chi connectivity index (χ1v) is 6.66. The number of hydrogen-bond donors (Lipinski definition) is 0. The number of rotatable bonds is 4. The lowest BCUT2D eigenvalue weighted by atomic mass is 9.93. The van der Waals surface area contributed by atoms with Crippen LogP contribution in [0.5, 0.6) is 0 Å². The highest BCUT2D eigenvalue weighted by atomic mass is 16.2. The van der Waals surface area contributed by atoms with Crippen LogP contribution in [0.15, 0.2) is 42.5 Å². The smallest absolute Gasteiger partial charge is 0.227 e. The number of carbonyl (C=O) groups is 1. The summed E-state index contributed by atoms with van der Waals surface area (Å²) in [7, 11) is 0. The predicted octanol–water partition coefficient (Wildman–Crippen LogP) is 2.90. The Morgan fingerprint density at radius 2 is 2.11 bits per heavy atom. The van der Waals surface area contributed by atoms with Crippen molar-refractivity contribution in [2.24, 2.45) is 5.92 Å². The lowest BCUT2D eigenvalue weighted by molar-refractivity contribution is -0.135. The normalized spacial score (nSPS) is 17.7. The van der Waals surface area contributed by atoms with Gasteiger partial charge in [0.2, 0.25) is 5.91 Å². The van der Waals surface area contributed by atoms with Crippen molar-refractivity contribution >= 4 is 5.91 Å². The number of nitrogens with zero attached hydrogens (tertiary/aromatic N) is 2. The Morgan fingerprint density at radius 3 is 2.74 bits per heavy atom. The fourth-order valence-electron chi connectivity index (χ4n) is 2.38. The molecule has 1 aromatic rings. The van der Waals surface area contributed by atoms with Gasteiger partial charge in [0.1, 0.15) is 6.54 Å². The zero-order valence-electron chi connectivity index (χ0n) is 11.0. The van der Waals surface area contributed by atoms with Gasteiger partial charge in [-0.05, 0) is 24.8 Å². The van der Waals surface area contributed by atoms with E-state index in [0.29, 0.717) is 6.54 Å². The van der Waals surface area contributed by atoms with E-state index in [4.69, 9.17) is 5.26 Å². The molecule has 1 aliphatic rings. The molecule has 0 aliphatic heterocycles. The molecular formula is C16H18N2O. The Hall–Kier alpha value is -2.08. The second-order valence-electron chi connectivity index (χ2n) is 4.82. The van der Waals surface area contributed by atoms with E-state index in [9.17, 15) is 4.79 Å². The van der Waals surface area contributed by atoms with Gasteiger partial charge in [0.15, 0.2) is 0 Å². The number of allylic oxidation sites excluding steroid dienone is 2. The highest BCUT2D eigenvalue weighted by Gasteiger charge is 2.24. The Morgan fingerprint density at radius 1 is 1.32 bits per heavy atom. The monoisotopic (exact) mass is 254 g/mol. The average Bonchev–Trinajstić information content (AvgIpc) is 2.48. The van der Waals surface area contributed by atoms with E-state index in [0.717, 1.165) is 24.8 Å². The van der Waals surface area contributed by atoms with Gasteiger partial charge >= 0.3 is 0 Å². The summed E-state index contributed by atoms with van der Waals surface area (Å²) in [5.74, 6) is 0.150. The largest absolute Gasteiger partial charge is 0.325 e. The molecule has 1 aromatic carbocycles. The van der Waals surface area contributed by atoms with Crippen molar-refractivity contribution in [1.82, 2.24) is 4.90 Å². The fraction of sp³-hybridized carbons (Fsp3) is 0.375. The van der Waals surface area contributed by atoms with Crippen LogP contribution in [0.25, 0.3) is 0 Å². The van der Waals surface area contributed by atoms with Gasteiger partial charge in [-0.1, -0.05) is 42.5 Å². The van der Waals surface area contributed by atoms with Gasteiger partial charge in [0, 0.05) is 12.5 Å². The first-order valence-electron chi connectivity index (χ1n) is 6.66. The van der Waals surface area contributed by atoms with Crippen LogP contribution in [0.2, 0.25) is 0 Å². The molecule has 0 aromatic heterocycles. The number of amides is 1. The number of benzene rings is 1. The summed E-state index contributed by atoms with van der Waals surface area (Å²) in [4.78, 5) is 14.1. The van der Waals surface area contributed by atoms with Crippen LogP contribution in [0.4, 0.5) is 0 Å². The molecule has 0 spiro atoms. The van der Waals surface area contributed by atoms with Crippen molar-refractivity contribution in [1.29, 1.82) is 5.26 Å². The average molecular weight is 254 g/mol. The minimum atomic E-state index is 0.0436. The van der Waals surface area contributed by atoms with Crippen molar-refractivity contribution in [3.05, 3.63) is 48.0 Å². The number of hydrogen-bond acceptors (Lipinski definition) is 2. The second kappa shape index (κ2) is 6.75. The molecule has 0 fully saturated rings.